The highest BCUT2D eigenvalue weighted by Crippen LogP contribution is 2.32. The third-order valence-electron chi connectivity index (χ3n) is 4.94. The maximum absolute atomic E-state index is 12.4. The SMILES string of the molecule is C[C@@H](NC(=O)CCCN(c1cccc([N+](=O)[O-])c1)S(C)(=O)=O)c1ccc2c(c1)OCCO2. The van der Waals surface area contributed by atoms with Crippen molar-refractivity contribution >= 4 is 27.3 Å². The molecule has 11 heteroatoms. The zero-order chi connectivity index (χ0) is 23.3. The Balaban J connectivity index is 1.58. The number of benzene rings is 2. The van der Waals surface area contributed by atoms with Gasteiger partial charge in [0.25, 0.3) is 5.69 Å². The number of nitro benzene ring substituents is 1. The summed E-state index contributed by atoms with van der Waals surface area (Å²) < 4.78 is 36.5. The Bertz CT molecular complexity index is 1100. The molecule has 0 aromatic heterocycles. The molecule has 1 atom stereocenters. The number of carbonyl (C=O) groups is 1. The van der Waals surface area contributed by atoms with Crippen LogP contribution in [0.4, 0.5) is 11.4 Å². The molecule has 0 saturated carbocycles. The number of sulfonamides is 1. The van der Waals surface area contributed by atoms with Crippen molar-refractivity contribution in [3.05, 3.63) is 58.1 Å². The standard InChI is InChI=1S/C21H25N3O7S/c1-15(16-8-9-19-20(13-16)31-12-11-30-19)22-21(25)7-4-10-23(32(2,28)29)17-5-3-6-18(14-17)24(26)27/h3,5-6,8-9,13-15H,4,7,10-12H2,1-2H3,(H,22,25)/t15-/m1/s1. The molecule has 172 valence electrons. The van der Waals surface area contributed by atoms with Gasteiger partial charge in [0.05, 0.1) is 22.9 Å². The Labute approximate surface area is 186 Å². The lowest BCUT2D eigenvalue weighted by Gasteiger charge is -2.23. The van der Waals surface area contributed by atoms with Gasteiger partial charge in [-0.15, -0.1) is 0 Å². The van der Waals surface area contributed by atoms with Crippen molar-refractivity contribution in [3.63, 3.8) is 0 Å². The summed E-state index contributed by atoms with van der Waals surface area (Å²) in [6, 6.07) is 10.6. The first-order chi connectivity index (χ1) is 15.1. The second kappa shape index (κ2) is 9.86. The van der Waals surface area contributed by atoms with E-state index in [1.54, 1.807) is 6.07 Å². The number of anilines is 1. The average molecular weight is 464 g/mol. The maximum atomic E-state index is 12.4. The van der Waals surface area contributed by atoms with Crippen molar-refractivity contribution in [2.24, 2.45) is 0 Å². The summed E-state index contributed by atoms with van der Waals surface area (Å²) in [5, 5.41) is 13.9. The summed E-state index contributed by atoms with van der Waals surface area (Å²) in [6.45, 7) is 2.83. The maximum Gasteiger partial charge on any atom is 0.271 e. The van der Waals surface area contributed by atoms with E-state index in [0.717, 1.165) is 16.1 Å². The number of nitrogens with one attached hydrogen (secondary N) is 1. The van der Waals surface area contributed by atoms with Crippen LogP contribution in [-0.4, -0.2) is 45.3 Å². The van der Waals surface area contributed by atoms with Crippen molar-refractivity contribution in [2.75, 3.05) is 30.3 Å². The van der Waals surface area contributed by atoms with Crippen LogP contribution in [0.3, 0.4) is 0 Å². The van der Waals surface area contributed by atoms with Crippen LogP contribution in [-0.2, 0) is 14.8 Å². The zero-order valence-corrected chi connectivity index (χ0v) is 18.6. The molecule has 2 aromatic rings. The number of nitro groups is 1. The van der Waals surface area contributed by atoms with E-state index >= 15 is 0 Å². The third-order valence-corrected chi connectivity index (χ3v) is 6.13. The Morgan fingerprint density at radius 2 is 1.91 bits per heavy atom. The molecule has 0 spiro atoms. The summed E-state index contributed by atoms with van der Waals surface area (Å²) in [5.41, 5.74) is 0.839. The highest BCUT2D eigenvalue weighted by Gasteiger charge is 2.20. The van der Waals surface area contributed by atoms with Gasteiger partial charge in [-0.25, -0.2) is 8.42 Å². The van der Waals surface area contributed by atoms with Crippen LogP contribution < -0.4 is 19.1 Å². The molecule has 0 bridgehead atoms. The van der Waals surface area contributed by atoms with Crippen molar-refractivity contribution in [3.8, 4) is 11.5 Å². The van der Waals surface area contributed by atoms with Gasteiger partial charge < -0.3 is 14.8 Å². The lowest BCUT2D eigenvalue weighted by Crippen LogP contribution is -2.32. The Hall–Kier alpha value is -3.34. The highest BCUT2D eigenvalue weighted by atomic mass is 32.2. The molecule has 3 rings (SSSR count). The van der Waals surface area contributed by atoms with Gasteiger partial charge in [-0.3, -0.25) is 19.2 Å². The summed E-state index contributed by atoms with van der Waals surface area (Å²) in [5.74, 6) is 1.07. The van der Waals surface area contributed by atoms with Gasteiger partial charge in [0, 0.05) is 25.1 Å². The molecule has 0 saturated heterocycles. The average Bonchev–Trinajstić information content (AvgIpc) is 2.75. The minimum absolute atomic E-state index is 0.0197. The smallest absolute Gasteiger partial charge is 0.271 e. The minimum atomic E-state index is -3.68. The molecule has 1 amide bonds. The largest absolute Gasteiger partial charge is 0.486 e. The fourth-order valence-electron chi connectivity index (χ4n) is 3.36. The number of non-ortho nitro benzene ring substituents is 1. The monoisotopic (exact) mass is 463 g/mol. The van der Waals surface area contributed by atoms with E-state index in [1.165, 1.54) is 24.3 Å². The fraction of sp³-hybridized carbons (Fsp3) is 0.381. The van der Waals surface area contributed by atoms with Gasteiger partial charge >= 0.3 is 0 Å². The third kappa shape index (κ3) is 5.88. The van der Waals surface area contributed by atoms with Crippen molar-refractivity contribution < 1.29 is 27.6 Å². The molecule has 1 N–H and O–H groups in total. The molecule has 1 aliphatic rings. The topological polar surface area (TPSA) is 128 Å². The first-order valence-electron chi connectivity index (χ1n) is 10.1. The number of amides is 1. The molecule has 0 fully saturated rings. The second-order valence-electron chi connectivity index (χ2n) is 7.41. The summed E-state index contributed by atoms with van der Waals surface area (Å²) >= 11 is 0. The highest BCUT2D eigenvalue weighted by molar-refractivity contribution is 7.92. The first-order valence-corrected chi connectivity index (χ1v) is 11.9. The van der Waals surface area contributed by atoms with Crippen LogP contribution in [0.15, 0.2) is 42.5 Å². The molecule has 2 aromatic carbocycles. The lowest BCUT2D eigenvalue weighted by molar-refractivity contribution is -0.384. The Morgan fingerprint density at radius 1 is 1.19 bits per heavy atom. The van der Waals surface area contributed by atoms with Gasteiger partial charge in [0.2, 0.25) is 15.9 Å². The number of hydrogen-bond donors (Lipinski definition) is 1. The van der Waals surface area contributed by atoms with E-state index in [-0.39, 0.29) is 42.7 Å². The van der Waals surface area contributed by atoms with Crippen molar-refractivity contribution in [2.45, 2.75) is 25.8 Å². The Morgan fingerprint density at radius 3 is 2.59 bits per heavy atom. The number of ether oxygens (including phenoxy) is 2. The number of hydrogen-bond acceptors (Lipinski definition) is 7. The number of nitrogens with zero attached hydrogens (tertiary/aromatic N) is 2. The van der Waals surface area contributed by atoms with Crippen molar-refractivity contribution in [1.29, 1.82) is 0 Å². The predicted octanol–water partition coefficient (Wildman–Crippen LogP) is 2.79. The normalized spacial score (nSPS) is 13.8. The molecule has 1 heterocycles. The van der Waals surface area contributed by atoms with Gasteiger partial charge in [0.1, 0.15) is 13.2 Å². The number of rotatable bonds is 9. The van der Waals surface area contributed by atoms with Crippen LogP contribution in [0.25, 0.3) is 0 Å². The van der Waals surface area contributed by atoms with E-state index in [1.807, 2.05) is 19.1 Å². The predicted molar refractivity (Wildman–Crippen MR) is 119 cm³/mol. The van der Waals surface area contributed by atoms with Crippen LogP contribution in [0.2, 0.25) is 0 Å². The zero-order valence-electron chi connectivity index (χ0n) is 17.8. The van der Waals surface area contributed by atoms with E-state index in [2.05, 4.69) is 5.32 Å². The number of carbonyl (C=O) groups excluding carboxylic acids is 1. The van der Waals surface area contributed by atoms with Crippen LogP contribution in [0.5, 0.6) is 11.5 Å². The van der Waals surface area contributed by atoms with Crippen LogP contribution >= 0.6 is 0 Å². The van der Waals surface area contributed by atoms with Crippen LogP contribution in [0.1, 0.15) is 31.4 Å². The van der Waals surface area contributed by atoms with E-state index < -0.39 is 14.9 Å². The quantitative estimate of drug-likeness (QED) is 0.447. The van der Waals surface area contributed by atoms with Gasteiger partial charge in [-0.05, 0) is 37.1 Å². The number of fused-ring (bicyclic) bond motifs is 1. The molecule has 0 aliphatic carbocycles. The van der Waals surface area contributed by atoms with Gasteiger partial charge in [-0.1, -0.05) is 12.1 Å². The van der Waals surface area contributed by atoms with Crippen LogP contribution in [0, 0.1) is 10.1 Å². The van der Waals surface area contributed by atoms with E-state index in [4.69, 9.17) is 9.47 Å². The fourth-order valence-corrected chi connectivity index (χ4v) is 4.31. The Kier molecular flexibility index (Phi) is 7.18. The first kappa shape index (κ1) is 23.3. The molecular formula is C21H25N3O7S. The van der Waals surface area contributed by atoms with Gasteiger partial charge in [-0.2, -0.15) is 0 Å². The molecule has 32 heavy (non-hydrogen) atoms. The van der Waals surface area contributed by atoms with E-state index in [9.17, 15) is 23.3 Å². The summed E-state index contributed by atoms with van der Waals surface area (Å²) in [6.07, 6.45) is 1.36. The lowest BCUT2D eigenvalue weighted by atomic mass is 10.1. The summed E-state index contributed by atoms with van der Waals surface area (Å²) in [7, 11) is -3.68. The van der Waals surface area contributed by atoms with E-state index in [0.29, 0.717) is 24.7 Å². The molecular weight excluding hydrogens is 438 g/mol. The van der Waals surface area contributed by atoms with Gasteiger partial charge in [0.15, 0.2) is 11.5 Å². The molecule has 10 nitrogen and oxygen atoms in total. The second-order valence-corrected chi connectivity index (χ2v) is 9.31. The molecule has 0 radical (unpaired) electrons. The molecule has 0 unspecified atom stereocenters. The van der Waals surface area contributed by atoms with Crippen molar-refractivity contribution in [1.82, 2.24) is 5.32 Å². The molecule has 1 aliphatic heterocycles. The summed E-state index contributed by atoms with van der Waals surface area (Å²) in [4.78, 5) is 22.8. The minimum Gasteiger partial charge on any atom is -0.486 e.